The summed E-state index contributed by atoms with van der Waals surface area (Å²) in [6.45, 7) is 4.04. The van der Waals surface area contributed by atoms with E-state index in [1.165, 1.54) is 6.07 Å². The number of nitrogens with two attached hydrogens (primary N) is 1. The maximum Gasteiger partial charge on any atom is 0.128 e. The lowest BCUT2D eigenvalue weighted by Gasteiger charge is -2.41. The molecule has 3 nitrogen and oxygen atoms in total. The summed E-state index contributed by atoms with van der Waals surface area (Å²) in [6.07, 6.45) is 3.09. The van der Waals surface area contributed by atoms with Gasteiger partial charge in [-0.25, -0.2) is 4.39 Å². The van der Waals surface area contributed by atoms with Crippen LogP contribution >= 0.6 is 0 Å². The Morgan fingerprint density at radius 1 is 1.29 bits per heavy atom. The van der Waals surface area contributed by atoms with E-state index < -0.39 is 0 Å². The molecule has 21 heavy (non-hydrogen) atoms. The first kappa shape index (κ1) is 16.4. The van der Waals surface area contributed by atoms with Crippen LogP contribution in [-0.4, -0.2) is 49.1 Å². The Kier molecular flexibility index (Phi) is 5.73. The highest BCUT2D eigenvalue weighted by molar-refractivity contribution is 5.23. The number of hydrogen-bond acceptors (Lipinski definition) is 3. The van der Waals surface area contributed by atoms with E-state index in [0.717, 1.165) is 37.9 Å². The SMILES string of the molecule is CCC(N)C(c1ccccc1F)N1CCC(N(C)C)CC1. The fourth-order valence-corrected chi connectivity index (χ4v) is 3.32. The van der Waals surface area contributed by atoms with Crippen LogP contribution in [0.5, 0.6) is 0 Å². The third-order valence-electron chi connectivity index (χ3n) is 4.72. The van der Waals surface area contributed by atoms with Gasteiger partial charge < -0.3 is 10.6 Å². The van der Waals surface area contributed by atoms with Crippen molar-refractivity contribution in [2.24, 2.45) is 5.73 Å². The van der Waals surface area contributed by atoms with Crippen LogP contribution in [0.3, 0.4) is 0 Å². The Hall–Kier alpha value is -0.970. The van der Waals surface area contributed by atoms with Gasteiger partial charge in [-0.05, 0) is 39.4 Å². The van der Waals surface area contributed by atoms with Crippen LogP contribution in [0.1, 0.15) is 37.8 Å². The van der Waals surface area contributed by atoms with Crippen molar-refractivity contribution >= 4 is 0 Å². The minimum atomic E-state index is -0.138. The predicted octanol–water partition coefficient (Wildman–Crippen LogP) is 2.63. The number of likely N-dealkylation sites (tertiary alicyclic amines) is 1. The quantitative estimate of drug-likeness (QED) is 0.906. The molecule has 1 heterocycles. The highest BCUT2D eigenvalue weighted by Gasteiger charge is 2.31. The van der Waals surface area contributed by atoms with Crippen molar-refractivity contribution in [1.29, 1.82) is 0 Å². The Labute approximate surface area is 127 Å². The first-order chi connectivity index (χ1) is 10.0. The van der Waals surface area contributed by atoms with Gasteiger partial charge in [0.1, 0.15) is 5.82 Å². The molecule has 1 fully saturated rings. The molecule has 2 rings (SSSR count). The summed E-state index contributed by atoms with van der Waals surface area (Å²) in [5.41, 5.74) is 7.07. The molecule has 0 aliphatic carbocycles. The van der Waals surface area contributed by atoms with Gasteiger partial charge in [0.25, 0.3) is 0 Å². The van der Waals surface area contributed by atoms with Crippen molar-refractivity contribution in [2.75, 3.05) is 27.2 Å². The van der Waals surface area contributed by atoms with Crippen molar-refractivity contribution in [3.63, 3.8) is 0 Å². The average molecular weight is 293 g/mol. The van der Waals surface area contributed by atoms with Gasteiger partial charge in [-0.2, -0.15) is 0 Å². The van der Waals surface area contributed by atoms with Crippen LogP contribution in [0.2, 0.25) is 0 Å². The fourth-order valence-electron chi connectivity index (χ4n) is 3.32. The molecule has 1 aromatic rings. The Bertz CT molecular complexity index is 441. The Balaban J connectivity index is 2.17. The van der Waals surface area contributed by atoms with E-state index in [-0.39, 0.29) is 17.9 Å². The van der Waals surface area contributed by atoms with E-state index >= 15 is 0 Å². The van der Waals surface area contributed by atoms with Crippen molar-refractivity contribution < 1.29 is 4.39 Å². The van der Waals surface area contributed by atoms with E-state index in [0.29, 0.717) is 6.04 Å². The van der Waals surface area contributed by atoms with Gasteiger partial charge in [0.05, 0.1) is 6.04 Å². The number of benzene rings is 1. The number of hydrogen-bond donors (Lipinski definition) is 1. The van der Waals surface area contributed by atoms with E-state index in [1.807, 2.05) is 12.1 Å². The number of piperidine rings is 1. The molecular weight excluding hydrogens is 265 g/mol. The minimum absolute atomic E-state index is 0.0145. The monoisotopic (exact) mass is 293 g/mol. The first-order valence-corrected chi connectivity index (χ1v) is 7.95. The summed E-state index contributed by atoms with van der Waals surface area (Å²) in [5, 5.41) is 0. The van der Waals surface area contributed by atoms with Gasteiger partial charge in [-0.15, -0.1) is 0 Å². The van der Waals surface area contributed by atoms with Crippen molar-refractivity contribution in [2.45, 2.75) is 44.3 Å². The third-order valence-corrected chi connectivity index (χ3v) is 4.72. The summed E-state index contributed by atoms with van der Waals surface area (Å²) in [6, 6.07) is 7.65. The van der Waals surface area contributed by atoms with Gasteiger partial charge in [0, 0.05) is 30.7 Å². The van der Waals surface area contributed by atoms with E-state index in [4.69, 9.17) is 5.73 Å². The zero-order valence-corrected chi connectivity index (χ0v) is 13.4. The van der Waals surface area contributed by atoms with Crippen LogP contribution in [0.4, 0.5) is 4.39 Å². The zero-order chi connectivity index (χ0) is 15.4. The van der Waals surface area contributed by atoms with Gasteiger partial charge in [-0.3, -0.25) is 4.90 Å². The molecule has 2 N–H and O–H groups in total. The maximum absolute atomic E-state index is 14.2. The maximum atomic E-state index is 14.2. The second-order valence-corrected chi connectivity index (χ2v) is 6.27. The molecule has 4 heteroatoms. The van der Waals surface area contributed by atoms with Gasteiger partial charge in [-0.1, -0.05) is 25.1 Å². The Morgan fingerprint density at radius 3 is 2.43 bits per heavy atom. The number of nitrogens with zero attached hydrogens (tertiary/aromatic N) is 2. The molecule has 1 aromatic carbocycles. The lowest BCUT2D eigenvalue weighted by atomic mass is 9.92. The van der Waals surface area contributed by atoms with E-state index in [1.54, 1.807) is 6.07 Å². The van der Waals surface area contributed by atoms with Gasteiger partial charge in [0.15, 0.2) is 0 Å². The third kappa shape index (κ3) is 3.82. The van der Waals surface area contributed by atoms with Crippen LogP contribution in [-0.2, 0) is 0 Å². The molecule has 2 atom stereocenters. The highest BCUT2D eigenvalue weighted by atomic mass is 19.1. The predicted molar refractivity (Wildman–Crippen MR) is 85.7 cm³/mol. The van der Waals surface area contributed by atoms with Gasteiger partial charge >= 0.3 is 0 Å². The first-order valence-electron chi connectivity index (χ1n) is 7.95. The number of halogens is 1. The summed E-state index contributed by atoms with van der Waals surface area (Å²) in [5.74, 6) is -0.138. The van der Waals surface area contributed by atoms with Crippen molar-refractivity contribution in [3.05, 3.63) is 35.6 Å². The highest BCUT2D eigenvalue weighted by Crippen LogP contribution is 2.30. The smallest absolute Gasteiger partial charge is 0.128 e. The van der Waals surface area contributed by atoms with Crippen LogP contribution in [0.15, 0.2) is 24.3 Å². The number of rotatable bonds is 5. The van der Waals surface area contributed by atoms with Crippen molar-refractivity contribution in [3.8, 4) is 0 Å². The molecule has 1 saturated heterocycles. The van der Waals surface area contributed by atoms with Crippen LogP contribution in [0.25, 0.3) is 0 Å². The Morgan fingerprint density at radius 2 is 1.90 bits per heavy atom. The lowest BCUT2D eigenvalue weighted by molar-refractivity contribution is 0.0931. The molecule has 1 aliphatic heterocycles. The molecule has 0 aromatic heterocycles. The van der Waals surface area contributed by atoms with E-state index in [2.05, 4.69) is 30.8 Å². The molecule has 0 saturated carbocycles. The molecular formula is C17H28FN3. The topological polar surface area (TPSA) is 32.5 Å². The summed E-state index contributed by atoms with van der Waals surface area (Å²) in [4.78, 5) is 4.65. The fraction of sp³-hybridized carbons (Fsp3) is 0.647. The van der Waals surface area contributed by atoms with E-state index in [9.17, 15) is 4.39 Å². The van der Waals surface area contributed by atoms with Crippen molar-refractivity contribution in [1.82, 2.24) is 9.80 Å². The van der Waals surface area contributed by atoms with Crippen LogP contribution in [0, 0.1) is 5.82 Å². The molecule has 118 valence electrons. The normalized spacial score (nSPS) is 20.7. The molecule has 0 amide bonds. The molecule has 1 aliphatic rings. The minimum Gasteiger partial charge on any atom is -0.326 e. The van der Waals surface area contributed by atoms with Crippen LogP contribution < -0.4 is 5.73 Å². The molecule has 0 spiro atoms. The van der Waals surface area contributed by atoms with Gasteiger partial charge in [0.2, 0.25) is 0 Å². The second-order valence-electron chi connectivity index (χ2n) is 6.27. The summed E-state index contributed by atoms with van der Waals surface area (Å²) >= 11 is 0. The molecule has 0 bridgehead atoms. The summed E-state index contributed by atoms with van der Waals surface area (Å²) < 4.78 is 14.2. The standard InChI is InChI=1S/C17H28FN3/c1-4-16(19)17(14-7-5-6-8-15(14)18)21-11-9-13(10-12-21)20(2)3/h5-8,13,16-17H,4,9-12,19H2,1-3H3. The molecule has 2 unspecified atom stereocenters. The lowest BCUT2D eigenvalue weighted by Crippen LogP contribution is -2.48. The summed E-state index contributed by atoms with van der Waals surface area (Å²) in [7, 11) is 4.26. The largest absolute Gasteiger partial charge is 0.326 e. The average Bonchev–Trinajstić information content (AvgIpc) is 2.49. The second kappa shape index (κ2) is 7.34. The molecule has 0 radical (unpaired) electrons. The zero-order valence-electron chi connectivity index (χ0n) is 13.4.